The summed E-state index contributed by atoms with van der Waals surface area (Å²) in [6.07, 6.45) is 1.62. The summed E-state index contributed by atoms with van der Waals surface area (Å²) in [6, 6.07) is 3.06. The SMILES string of the molecule is Fc1cccnc1[C@H]1CNCCN1. The molecule has 0 amide bonds. The second-order valence-electron chi connectivity index (χ2n) is 3.08. The molecule has 2 rings (SSSR count). The number of hydrogen-bond donors (Lipinski definition) is 2. The van der Waals surface area contributed by atoms with E-state index in [9.17, 15) is 4.39 Å². The van der Waals surface area contributed by atoms with Gasteiger partial charge < -0.3 is 10.6 Å². The molecule has 0 saturated carbocycles. The van der Waals surface area contributed by atoms with E-state index in [0.717, 1.165) is 19.6 Å². The van der Waals surface area contributed by atoms with E-state index < -0.39 is 0 Å². The molecule has 3 nitrogen and oxygen atoms in total. The van der Waals surface area contributed by atoms with Crippen LogP contribution < -0.4 is 10.6 Å². The Balaban J connectivity index is 2.18. The summed E-state index contributed by atoms with van der Waals surface area (Å²) in [5, 5.41) is 6.40. The summed E-state index contributed by atoms with van der Waals surface area (Å²) in [4.78, 5) is 4.02. The van der Waals surface area contributed by atoms with Crippen LogP contribution >= 0.6 is 0 Å². The lowest BCUT2D eigenvalue weighted by atomic mass is 10.1. The molecule has 70 valence electrons. The Hall–Kier alpha value is -1.00. The smallest absolute Gasteiger partial charge is 0.146 e. The van der Waals surface area contributed by atoms with Crippen LogP contribution in [-0.4, -0.2) is 24.6 Å². The highest BCUT2D eigenvalue weighted by Crippen LogP contribution is 2.13. The molecule has 0 spiro atoms. The highest BCUT2D eigenvalue weighted by Gasteiger charge is 2.18. The average Bonchev–Trinajstić information content (AvgIpc) is 2.20. The zero-order valence-electron chi connectivity index (χ0n) is 7.26. The fourth-order valence-electron chi connectivity index (χ4n) is 1.50. The van der Waals surface area contributed by atoms with Gasteiger partial charge >= 0.3 is 0 Å². The van der Waals surface area contributed by atoms with E-state index in [1.807, 2.05) is 0 Å². The summed E-state index contributed by atoms with van der Waals surface area (Å²) in [7, 11) is 0. The van der Waals surface area contributed by atoms with Crippen molar-refractivity contribution in [2.75, 3.05) is 19.6 Å². The van der Waals surface area contributed by atoms with Crippen LogP contribution in [0.25, 0.3) is 0 Å². The van der Waals surface area contributed by atoms with Gasteiger partial charge in [0.2, 0.25) is 0 Å². The summed E-state index contributed by atoms with van der Waals surface area (Å²) < 4.78 is 13.2. The molecule has 0 bridgehead atoms. The molecule has 1 aromatic rings. The number of halogens is 1. The first-order valence-electron chi connectivity index (χ1n) is 4.42. The van der Waals surface area contributed by atoms with Crippen molar-refractivity contribution in [2.24, 2.45) is 0 Å². The largest absolute Gasteiger partial charge is 0.314 e. The minimum atomic E-state index is -0.233. The Labute approximate surface area is 76.4 Å². The van der Waals surface area contributed by atoms with Gasteiger partial charge in [0, 0.05) is 25.8 Å². The van der Waals surface area contributed by atoms with Gasteiger partial charge in [-0.25, -0.2) is 4.39 Å². The van der Waals surface area contributed by atoms with E-state index in [1.165, 1.54) is 6.07 Å². The van der Waals surface area contributed by atoms with Crippen LogP contribution in [0.4, 0.5) is 4.39 Å². The lowest BCUT2D eigenvalue weighted by Gasteiger charge is -2.24. The molecule has 0 radical (unpaired) electrons. The highest BCUT2D eigenvalue weighted by atomic mass is 19.1. The van der Waals surface area contributed by atoms with Crippen molar-refractivity contribution >= 4 is 0 Å². The second-order valence-corrected chi connectivity index (χ2v) is 3.08. The first-order chi connectivity index (χ1) is 6.38. The van der Waals surface area contributed by atoms with E-state index >= 15 is 0 Å². The lowest BCUT2D eigenvalue weighted by Crippen LogP contribution is -2.43. The summed E-state index contributed by atoms with van der Waals surface area (Å²) in [5.74, 6) is -0.233. The fraction of sp³-hybridized carbons (Fsp3) is 0.444. The summed E-state index contributed by atoms with van der Waals surface area (Å²) >= 11 is 0. The van der Waals surface area contributed by atoms with Crippen molar-refractivity contribution in [3.05, 3.63) is 29.8 Å². The van der Waals surface area contributed by atoms with E-state index in [2.05, 4.69) is 15.6 Å². The van der Waals surface area contributed by atoms with Crippen LogP contribution in [0.1, 0.15) is 11.7 Å². The van der Waals surface area contributed by atoms with Gasteiger partial charge in [-0.3, -0.25) is 4.98 Å². The Morgan fingerprint density at radius 1 is 1.46 bits per heavy atom. The summed E-state index contributed by atoms with van der Waals surface area (Å²) in [5.41, 5.74) is 0.509. The highest BCUT2D eigenvalue weighted by molar-refractivity contribution is 5.12. The minimum absolute atomic E-state index is 0.00921. The Morgan fingerprint density at radius 3 is 3.08 bits per heavy atom. The predicted molar refractivity (Wildman–Crippen MR) is 47.8 cm³/mol. The van der Waals surface area contributed by atoms with Crippen LogP contribution in [0.3, 0.4) is 0 Å². The Bertz CT molecular complexity index is 284. The normalized spacial score (nSPS) is 23.0. The van der Waals surface area contributed by atoms with Crippen molar-refractivity contribution in [2.45, 2.75) is 6.04 Å². The van der Waals surface area contributed by atoms with Crippen molar-refractivity contribution in [3.63, 3.8) is 0 Å². The lowest BCUT2D eigenvalue weighted by molar-refractivity contribution is 0.408. The van der Waals surface area contributed by atoms with E-state index in [1.54, 1.807) is 12.3 Å². The molecule has 0 aliphatic carbocycles. The molecule has 1 aliphatic rings. The molecule has 0 unspecified atom stereocenters. The van der Waals surface area contributed by atoms with Crippen molar-refractivity contribution in [3.8, 4) is 0 Å². The predicted octanol–water partition coefficient (Wildman–Crippen LogP) is 0.455. The Kier molecular flexibility index (Phi) is 2.52. The molecule has 2 N–H and O–H groups in total. The van der Waals surface area contributed by atoms with Gasteiger partial charge in [0.15, 0.2) is 0 Å². The van der Waals surface area contributed by atoms with Crippen LogP contribution in [0.2, 0.25) is 0 Å². The van der Waals surface area contributed by atoms with Gasteiger partial charge in [-0.15, -0.1) is 0 Å². The van der Waals surface area contributed by atoms with Gasteiger partial charge in [-0.2, -0.15) is 0 Å². The molecule has 1 aliphatic heterocycles. The van der Waals surface area contributed by atoms with Gasteiger partial charge in [0.1, 0.15) is 5.82 Å². The maximum Gasteiger partial charge on any atom is 0.146 e. The third-order valence-corrected chi connectivity index (χ3v) is 2.16. The quantitative estimate of drug-likeness (QED) is 0.660. The molecular formula is C9H12FN3. The zero-order valence-corrected chi connectivity index (χ0v) is 7.26. The molecule has 1 aromatic heterocycles. The van der Waals surface area contributed by atoms with E-state index in [4.69, 9.17) is 0 Å². The van der Waals surface area contributed by atoms with Gasteiger partial charge in [-0.05, 0) is 12.1 Å². The number of piperazine rings is 1. The fourth-order valence-corrected chi connectivity index (χ4v) is 1.50. The molecule has 0 aromatic carbocycles. The van der Waals surface area contributed by atoms with Crippen LogP contribution in [0, 0.1) is 5.82 Å². The van der Waals surface area contributed by atoms with E-state index in [-0.39, 0.29) is 11.9 Å². The third kappa shape index (κ3) is 1.84. The van der Waals surface area contributed by atoms with Gasteiger partial charge in [0.25, 0.3) is 0 Å². The standard InChI is InChI=1S/C9H12FN3/c10-7-2-1-3-13-9(7)8-6-11-4-5-12-8/h1-3,8,11-12H,4-6H2/t8-/m1/s1. The molecule has 2 heterocycles. The zero-order chi connectivity index (χ0) is 9.10. The van der Waals surface area contributed by atoms with Crippen LogP contribution in [0.5, 0.6) is 0 Å². The molecule has 13 heavy (non-hydrogen) atoms. The number of nitrogens with zero attached hydrogens (tertiary/aromatic N) is 1. The van der Waals surface area contributed by atoms with Crippen LogP contribution in [-0.2, 0) is 0 Å². The maximum absolute atomic E-state index is 13.2. The number of rotatable bonds is 1. The summed E-state index contributed by atoms with van der Waals surface area (Å²) in [6.45, 7) is 2.54. The van der Waals surface area contributed by atoms with Crippen LogP contribution in [0.15, 0.2) is 18.3 Å². The first kappa shape index (κ1) is 8.59. The molecule has 1 fully saturated rings. The minimum Gasteiger partial charge on any atom is -0.314 e. The van der Waals surface area contributed by atoms with Gasteiger partial charge in [-0.1, -0.05) is 0 Å². The first-order valence-corrected chi connectivity index (χ1v) is 4.42. The number of hydrogen-bond acceptors (Lipinski definition) is 3. The monoisotopic (exact) mass is 181 g/mol. The van der Waals surface area contributed by atoms with E-state index in [0.29, 0.717) is 5.69 Å². The second kappa shape index (κ2) is 3.81. The Morgan fingerprint density at radius 2 is 2.38 bits per heavy atom. The molecular weight excluding hydrogens is 169 g/mol. The van der Waals surface area contributed by atoms with Crippen molar-refractivity contribution in [1.29, 1.82) is 0 Å². The van der Waals surface area contributed by atoms with Gasteiger partial charge in [0.05, 0.1) is 11.7 Å². The third-order valence-electron chi connectivity index (χ3n) is 2.16. The molecule has 4 heteroatoms. The number of pyridine rings is 1. The molecule has 1 saturated heterocycles. The van der Waals surface area contributed by atoms with Crippen molar-refractivity contribution in [1.82, 2.24) is 15.6 Å². The number of aromatic nitrogens is 1. The maximum atomic E-state index is 13.2. The molecule has 1 atom stereocenters. The van der Waals surface area contributed by atoms with Crippen molar-refractivity contribution < 1.29 is 4.39 Å². The average molecular weight is 181 g/mol. The number of nitrogens with one attached hydrogen (secondary N) is 2. The topological polar surface area (TPSA) is 37.0 Å².